The number of aliphatic hydroxyl groups is 1. The maximum Gasteiger partial charge on any atom is 0.319 e. The van der Waals surface area contributed by atoms with Crippen LogP contribution in [0.5, 0.6) is 0 Å². The van der Waals surface area contributed by atoms with Gasteiger partial charge in [0, 0.05) is 42.4 Å². The first kappa shape index (κ1) is 24.5. The number of carbonyl (C=O) groups is 1. The molecule has 1 saturated carbocycles. The summed E-state index contributed by atoms with van der Waals surface area (Å²) >= 11 is -1.93. The molecular formula is C23H31N5O5S. The second-order valence-electron chi connectivity index (χ2n) is 8.67. The average Bonchev–Trinajstić information content (AvgIpc) is 3.32. The van der Waals surface area contributed by atoms with E-state index in [9.17, 15) is 13.6 Å². The van der Waals surface area contributed by atoms with Gasteiger partial charge in [-0.3, -0.25) is 0 Å². The van der Waals surface area contributed by atoms with Crippen molar-refractivity contribution in [2.24, 2.45) is 0 Å². The number of carbonyl (C=O) groups excluding carboxylic acids is 1. The molecule has 2 fully saturated rings. The first-order chi connectivity index (χ1) is 16.5. The second-order valence-corrected chi connectivity index (χ2v) is 9.60. The fourth-order valence-electron chi connectivity index (χ4n) is 4.60. The third-order valence-electron chi connectivity index (χ3n) is 6.35. The van der Waals surface area contributed by atoms with Gasteiger partial charge in [0.05, 0.1) is 31.3 Å². The van der Waals surface area contributed by atoms with E-state index < -0.39 is 22.5 Å². The summed E-state index contributed by atoms with van der Waals surface area (Å²) in [6.45, 7) is 2.74. The van der Waals surface area contributed by atoms with E-state index in [0.717, 1.165) is 55.8 Å². The van der Waals surface area contributed by atoms with Crippen molar-refractivity contribution in [2.45, 2.75) is 31.1 Å². The highest BCUT2D eigenvalue weighted by molar-refractivity contribution is 7.79. The number of urea groups is 1. The number of rotatable bonds is 8. The van der Waals surface area contributed by atoms with Gasteiger partial charge in [-0.25, -0.2) is 19.0 Å². The van der Waals surface area contributed by atoms with Crippen LogP contribution >= 0.6 is 0 Å². The molecule has 1 aliphatic heterocycles. The number of aromatic nitrogens is 2. The number of anilines is 2. The Labute approximate surface area is 201 Å². The Kier molecular flexibility index (Phi) is 8.09. The zero-order chi connectivity index (χ0) is 24.0. The summed E-state index contributed by atoms with van der Waals surface area (Å²) in [6, 6.07) is 8.81. The smallest absolute Gasteiger partial charge is 0.319 e. The molecule has 1 aliphatic carbocycles. The van der Waals surface area contributed by atoms with E-state index in [1.807, 2.05) is 18.2 Å². The van der Waals surface area contributed by atoms with Crippen molar-refractivity contribution in [3.05, 3.63) is 36.0 Å². The molecule has 0 radical (unpaired) electrons. The fourth-order valence-corrected chi connectivity index (χ4v) is 5.51. The van der Waals surface area contributed by atoms with Gasteiger partial charge in [-0.2, -0.15) is 0 Å². The molecule has 4 N–H and O–H groups in total. The number of aliphatic hydroxyl groups excluding tert-OH is 1. The molecule has 11 heteroatoms. The SMILES string of the molecule is O=C(NCCO)Nc1ccc(-c2nc(N3CCOCC3)cc(C3(CS(=O)O)CCCC3)n2)cc1. The third-order valence-corrected chi connectivity index (χ3v) is 7.15. The number of benzene rings is 1. The van der Waals surface area contributed by atoms with Gasteiger partial charge in [0.1, 0.15) is 5.82 Å². The monoisotopic (exact) mass is 489 g/mol. The van der Waals surface area contributed by atoms with E-state index in [2.05, 4.69) is 15.5 Å². The lowest BCUT2D eigenvalue weighted by atomic mass is 9.84. The van der Waals surface area contributed by atoms with Gasteiger partial charge in [0.2, 0.25) is 0 Å². The van der Waals surface area contributed by atoms with Crippen LogP contribution in [0.4, 0.5) is 16.3 Å². The van der Waals surface area contributed by atoms with Crippen LogP contribution in [0.15, 0.2) is 30.3 Å². The summed E-state index contributed by atoms with van der Waals surface area (Å²) in [4.78, 5) is 23.7. The van der Waals surface area contributed by atoms with Gasteiger partial charge in [-0.15, -0.1) is 0 Å². The van der Waals surface area contributed by atoms with E-state index in [1.54, 1.807) is 12.1 Å². The lowest BCUT2D eigenvalue weighted by molar-refractivity contribution is 0.122. The Hall–Kier alpha value is -2.60. The number of amides is 2. The Bertz CT molecular complexity index is 1010. The molecule has 2 aliphatic rings. The minimum atomic E-state index is -1.93. The van der Waals surface area contributed by atoms with Crippen molar-refractivity contribution in [1.29, 1.82) is 0 Å². The van der Waals surface area contributed by atoms with Gasteiger partial charge in [0.25, 0.3) is 0 Å². The fraction of sp³-hybridized carbons (Fsp3) is 0.522. The third kappa shape index (κ3) is 5.90. The molecule has 2 heterocycles. The number of nitrogens with one attached hydrogen (secondary N) is 2. The van der Waals surface area contributed by atoms with Crippen molar-refractivity contribution < 1.29 is 23.4 Å². The van der Waals surface area contributed by atoms with Crippen molar-refractivity contribution in [3.63, 3.8) is 0 Å². The van der Waals surface area contributed by atoms with Crippen molar-refractivity contribution in [2.75, 3.05) is 55.4 Å². The highest BCUT2D eigenvalue weighted by Gasteiger charge is 2.39. The van der Waals surface area contributed by atoms with Crippen LogP contribution in [0.3, 0.4) is 0 Å². The van der Waals surface area contributed by atoms with E-state index in [0.29, 0.717) is 24.7 Å². The first-order valence-electron chi connectivity index (χ1n) is 11.5. The zero-order valence-electron chi connectivity index (χ0n) is 19.0. The lowest BCUT2D eigenvalue weighted by Gasteiger charge is -2.31. The number of morpholine rings is 1. The number of hydrogen-bond donors (Lipinski definition) is 4. The number of hydrogen-bond acceptors (Lipinski definition) is 7. The standard InChI is InChI=1S/C23H31N5O5S/c29-12-9-24-22(30)25-18-5-3-17(4-6-18)21-26-19(23(16-34(31)32)7-1-2-8-23)15-20(27-21)28-10-13-33-14-11-28/h3-6,15,29H,1-2,7-14,16H2,(H,31,32)(H2,24,25,30). The summed E-state index contributed by atoms with van der Waals surface area (Å²) in [5, 5.41) is 14.1. The van der Waals surface area contributed by atoms with Crippen molar-refractivity contribution in [3.8, 4) is 11.4 Å². The Morgan fingerprint density at radius 2 is 1.85 bits per heavy atom. The normalized spacial score (nSPS) is 18.5. The largest absolute Gasteiger partial charge is 0.395 e. The topological polar surface area (TPSA) is 137 Å². The minimum absolute atomic E-state index is 0.128. The summed E-state index contributed by atoms with van der Waals surface area (Å²) in [6.07, 6.45) is 3.65. The molecule has 2 aromatic rings. The molecule has 1 atom stereocenters. The van der Waals surface area contributed by atoms with E-state index in [1.165, 1.54) is 0 Å². The van der Waals surface area contributed by atoms with Gasteiger partial charge < -0.3 is 29.9 Å². The predicted octanol–water partition coefficient (Wildman–Crippen LogP) is 2.13. The van der Waals surface area contributed by atoms with Crippen LogP contribution in [0.2, 0.25) is 0 Å². The maximum atomic E-state index is 11.9. The van der Waals surface area contributed by atoms with E-state index in [4.69, 9.17) is 19.8 Å². The maximum absolute atomic E-state index is 11.9. The molecule has 1 unspecified atom stereocenters. The quantitative estimate of drug-likeness (QED) is 0.414. The lowest BCUT2D eigenvalue weighted by Crippen LogP contribution is -2.37. The molecule has 4 rings (SSSR count). The van der Waals surface area contributed by atoms with Crippen molar-refractivity contribution in [1.82, 2.24) is 15.3 Å². The van der Waals surface area contributed by atoms with Crippen molar-refractivity contribution >= 4 is 28.6 Å². The van der Waals surface area contributed by atoms with Gasteiger partial charge in [-0.1, -0.05) is 12.8 Å². The number of nitrogens with zero attached hydrogens (tertiary/aromatic N) is 3. The molecule has 0 spiro atoms. The van der Waals surface area contributed by atoms with Gasteiger partial charge >= 0.3 is 6.03 Å². The second kappa shape index (κ2) is 11.2. The molecule has 1 saturated heterocycles. The predicted molar refractivity (Wildman–Crippen MR) is 130 cm³/mol. The summed E-state index contributed by atoms with van der Waals surface area (Å²) in [5.41, 5.74) is 1.76. The van der Waals surface area contributed by atoms with Crippen LogP contribution in [0.1, 0.15) is 31.4 Å². The molecule has 2 amide bonds. The molecule has 184 valence electrons. The highest BCUT2D eigenvalue weighted by atomic mass is 32.2. The Morgan fingerprint density at radius 1 is 1.15 bits per heavy atom. The highest BCUT2D eigenvalue weighted by Crippen LogP contribution is 2.42. The van der Waals surface area contributed by atoms with E-state index >= 15 is 0 Å². The van der Waals surface area contributed by atoms with Crippen LogP contribution in [0.25, 0.3) is 11.4 Å². The van der Waals surface area contributed by atoms with Crippen LogP contribution in [-0.2, 0) is 21.2 Å². The molecule has 10 nitrogen and oxygen atoms in total. The summed E-state index contributed by atoms with van der Waals surface area (Å²) in [5.74, 6) is 1.51. The molecular weight excluding hydrogens is 458 g/mol. The van der Waals surface area contributed by atoms with E-state index in [-0.39, 0.29) is 18.9 Å². The Balaban J connectivity index is 1.66. The van der Waals surface area contributed by atoms with Crippen LogP contribution in [0, 0.1) is 0 Å². The number of ether oxygens (including phenoxy) is 1. The summed E-state index contributed by atoms with van der Waals surface area (Å²) in [7, 11) is 0. The van der Waals surface area contributed by atoms with Gasteiger partial charge in [0.15, 0.2) is 16.9 Å². The van der Waals surface area contributed by atoms with Gasteiger partial charge in [-0.05, 0) is 37.1 Å². The molecule has 34 heavy (non-hydrogen) atoms. The average molecular weight is 490 g/mol. The summed E-state index contributed by atoms with van der Waals surface area (Å²) < 4.78 is 27.1. The molecule has 0 bridgehead atoms. The zero-order valence-corrected chi connectivity index (χ0v) is 19.9. The molecule has 1 aromatic heterocycles. The van der Waals surface area contributed by atoms with Crippen LogP contribution < -0.4 is 15.5 Å². The Morgan fingerprint density at radius 3 is 2.50 bits per heavy atom. The molecule has 1 aromatic carbocycles. The minimum Gasteiger partial charge on any atom is -0.395 e. The van der Waals surface area contributed by atoms with Crippen LogP contribution in [-0.4, -0.2) is 75.1 Å². The first-order valence-corrected chi connectivity index (χ1v) is 12.8.